The molecule has 0 atom stereocenters. The van der Waals surface area contributed by atoms with Crippen LogP contribution in [-0.4, -0.2) is 30.7 Å². The molecule has 86 valence electrons. The average molecular weight is 212 g/mol. The third-order valence-electron chi connectivity index (χ3n) is 3.30. The summed E-state index contributed by atoms with van der Waals surface area (Å²) in [7, 11) is 0. The number of rotatable bonds is 1. The lowest BCUT2D eigenvalue weighted by molar-refractivity contribution is -0.236. The van der Waals surface area contributed by atoms with Crippen LogP contribution in [0.3, 0.4) is 0 Å². The zero-order valence-corrected chi connectivity index (χ0v) is 9.21. The minimum Gasteiger partial charge on any atom is -0.392 e. The summed E-state index contributed by atoms with van der Waals surface area (Å²) in [6.07, 6.45) is 8.03. The van der Waals surface area contributed by atoms with E-state index in [2.05, 4.69) is 0 Å². The van der Waals surface area contributed by atoms with Gasteiger partial charge in [-0.15, -0.1) is 0 Å². The molecule has 1 heterocycles. The number of ether oxygens (including phenoxy) is 2. The van der Waals surface area contributed by atoms with Gasteiger partial charge in [-0.3, -0.25) is 0 Å². The Hall–Kier alpha value is -0.380. The van der Waals surface area contributed by atoms with Crippen molar-refractivity contribution in [3.63, 3.8) is 0 Å². The highest BCUT2D eigenvalue weighted by molar-refractivity contribution is 5.07. The molecule has 1 N–H and O–H groups in total. The zero-order valence-electron chi connectivity index (χ0n) is 9.21. The first-order valence-corrected chi connectivity index (χ1v) is 5.91. The molecule has 2 aliphatic rings. The smallest absolute Gasteiger partial charge is 0.168 e. The standard InChI is InChI=1S/C12H20O3/c13-8-5-11-3-6-12(7-4-11)14-9-1-2-10-15-12/h5,13H,1-4,6-10H2. The lowest BCUT2D eigenvalue weighted by Crippen LogP contribution is -2.37. The Balaban J connectivity index is 1.92. The predicted octanol–water partition coefficient (Wildman–Crippen LogP) is 2.00. The van der Waals surface area contributed by atoms with Crippen LogP contribution in [0.4, 0.5) is 0 Å². The Kier molecular flexibility index (Phi) is 3.78. The molecular formula is C12H20O3. The molecule has 2 fully saturated rings. The van der Waals surface area contributed by atoms with Gasteiger partial charge in [0.1, 0.15) is 0 Å². The third-order valence-corrected chi connectivity index (χ3v) is 3.30. The van der Waals surface area contributed by atoms with Crippen molar-refractivity contribution in [3.05, 3.63) is 11.6 Å². The summed E-state index contributed by atoms with van der Waals surface area (Å²) in [5, 5.41) is 8.83. The number of aliphatic hydroxyl groups is 1. The van der Waals surface area contributed by atoms with Gasteiger partial charge in [0.2, 0.25) is 0 Å². The third kappa shape index (κ3) is 2.80. The van der Waals surface area contributed by atoms with Gasteiger partial charge in [-0.05, 0) is 25.7 Å². The summed E-state index contributed by atoms with van der Waals surface area (Å²) in [4.78, 5) is 0. The molecule has 1 saturated carbocycles. The van der Waals surface area contributed by atoms with E-state index in [1.807, 2.05) is 6.08 Å². The summed E-state index contributed by atoms with van der Waals surface area (Å²) < 4.78 is 11.7. The molecule has 3 nitrogen and oxygen atoms in total. The Morgan fingerprint density at radius 1 is 1.13 bits per heavy atom. The first-order chi connectivity index (χ1) is 7.35. The second-order valence-corrected chi connectivity index (χ2v) is 4.36. The van der Waals surface area contributed by atoms with Crippen molar-refractivity contribution in [2.75, 3.05) is 19.8 Å². The van der Waals surface area contributed by atoms with E-state index in [9.17, 15) is 0 Å². The largest absolute Gasteiger partial charge is 0.392 e. The van der Waals surface area contributed by atoms with Gasteiger partial charge in [0.25, 0.3) is 0 Å². The number of hydrogen-bond acceptors (Lipinski definition) is 3. The van der Waals surface area contributed by atoms with Crippen LogP contribution in [0.1, 0.15) is 38.5 Å². The maximum atomic E-state index is 8.83. The van der Waals surface area contributed by atoms with Crippen molar-refractivity contribution in [1.82, 2.24) is 0 Å². The highest BCUT2D eigenvalue weighted by atomic mass is 16.7. The van der Waals surface area contributed by atoms with E-state index in [1.165, 1.54) is 5.57 Å². The van der Waals surface area contributed by atoms with Crippen LogP contribution < -0.4 is 0 Å². The molecule has 0 amide bonds. The molecule has 1 saturated heterocycles. The molecule has 2 rings (SSSR count). The van der Waals surface area contributed by atoms with Gasteiger partial charge in [-0.2, -0.15) is 0 Å². The van der Waals surface area contributed by atoms with Crippen molar-refractivity contribution in [3.8, 4) is 0 Å². The average Bonchev–Trinajstić information content (AvgIpc) is 2.49. The number of hydrogen-bond donors (Lipinski definition) is 1. The van der Waals surface area contributed by atoms with Crippen molar-refractivity contribution >= 4 is 0 Å². The summed E-state index contributed by atoms with van der Waals surface area (Å²) in [5.41, 5.74) is 1.35. The summed E-state index contributed by atoms with van der Waals surface area (Å²) in [6, 6.07) is 0. The summed E-state index contributed by atoms with van der Waals surface area (Å²) in [6.45, 7) is 1.82. The van der Waals surface area contributed by atoms with Crippen LogP contribution in [-0.2, 0) is 9.47 Å². The molecule has 0 radical (unpaired) electrons. The topological polar surface area (TPSA) is 38.7 Å². The molecule has 1 aliphatic carbocycles. The fourth-order valence-corrected chi connectivity index (χ4v) is 2.34. The predicted molar refractivity (Wildman–Crippen MR) is 57.5 cm³/mol. The highest BCUT2D eigenvalue weighted by Gasteiger charge is 2.36. The van der Waals surface area contributed by atoms with E-state index in [4.69, 9.17) is 14.6 Å². The molecule has 0 unspecified atom stereocenters. The minimum atomic E-state index is -0.302. The summed E-state index contributed by atoms with van der Waals surface area (Å²) >= 11 is 0. The normalized spacial score (nSPS) is 26.3. The molecule has 0 bridgehead atoms. The van der Waals surface area contributed by atoms with Gasteiger partial charge in [0.15, 0.2) is 5.79 Å². The van der Waals surface area contributed by atoms with Gasteiger partial charge < -0.3 is 14.6 Å². The second kappa shape index (κ2) is 5.10. The SMILES string of the molecule is OCC=C1CCC2(CC1)OCCCCO2. The Labute approximate surface area is 91.1 Å². The highest BCUT2D eigenvalue weighted by Crippen LogP contribution is 2.36. The molecule has 3 heteroatoms. The van der Waals surface area contributed by atoms with Crippen molar-refractivity contribution < 1.29 is 14.6 Å². The monoisotopic (exact) mass is 212 g/mol. The molecule has 0 aromatic carbocycles. The van der Waals surface area contributed by atoms with E-state index >= 15 is 0 Å². The number of aliphatic hydroxyl groups excluding tert-OH is 1. The summed E-state index contributed by atoms with van der Waals surface area (Å²) in [5.74, 6) is -0.302. The Morgan fingerprint density at radius 2 is 1.73 bits per heavy atom. The lowest BCUT2D eigenvalue weighted by atomic mass is 9.89. The molecule has 0 aromatic rings. The van der Waals surface area contributed by atoms with Gasteiger partial charge in [0.05, 0.1) is 19.8 Å². The van der Waals surface area contributed by atoms with Crippen molar-refractivity contribution in [1.29, 1.82) is 0 Å². The Bertz CT molecular complexity index is 215. The minimum absolute atomic E-state index is 0.157. The van der Waals surface area contributed by atoms with Gasteiger partial charge in [-0.25, -0.2) is 0 Å². The van der Waals surface area contributed by atoms with Crippen molar-refractivity contribution in [2.24, 2.45) is 0 Å². The van der Waals surface area contributed by atoms with E-state index in [1.54, 1.807) is 0 Å². The lowest BCUT2D eigenvalue weighted by Gasteiger charge is -2.36. The number of allylic oxidation sites excluding steroid dienone is 1. The molecular weight excluding hydrogens is 192 g/mol. The van der Waals surface area contributed by atoms with Gasteiger partial charge >= 0.3 is 0 Å². The van der Waals surface area contributed by atoms with Crippen molar-refractivity contribution in [2.45, 2.75) is 44.3 Å². The van der Waals surface area contributed by atoms with Crippen LogP contribution in [0, 0.1) is 0 Å². The second-order valence-electron chi connectivity index (χ2n) is 4.36. The first-order valence-electron chi connectivity index (χ1n) is 5.91. The zero-order chi connectivity index (χ0) is 10.6. The van der Waals surface area contributed by atoms with Gasteiger partial charge in [-0.1, -0.05) is 11.6 Å². The fourth-order valence-electron chi connectivity index (χ4n) is 2.34. The van der Waals surface area contributed by atoms with Crippen LogP contribution in [0.5, 0.6) is 0 Å². The molecule has 0 aromatic heterocycles. The quantitative estimate of drug-likeness (QED) is 0.676. The van der Waals surface area contributed by atoms with Crippen LogP contribution in [0.2, 0.25) is 0 Å². The van der Waals surface area contributed by atoms with Gasteiger partial charge in [0, 0.05) is 12.8 Å². The van der Waals surface area contributed by atoms with E-state index < -0.39 is 0 Å². The maximum Gasteiger partial charge on any atom is 0.168 e. The molecule has 15 heavy (non-hydrogen) atoms. The van der Waals surface area contributed by atoms with Crippen LogP contribution in [0.25, 0.3) is 0 Å². The van der Waals surface area contributed by atoms with Crippen LogP contribution in [0.15, 0.2) is 11.6 Å². The van der Waals surface area contributed by atoms with E-state index in [0.29, 0.717) is 0 Å². The van der Waals surface area contributed by atoms with E-state index in [-0.39, 0.29) is 12.4 Å². The molecule has 1 spiro atoms. The van der Waals surface area contributed by atoms with E-state index in [0.717, 1.165) is 51.7 Å². The van der Waals surface area contributed by atoms with Crippen LogP contribution >= 0.6 is 0 Å². The maximum absolute atomic E-state index is 8.83. The molecule has 1 aliphatic heterocycles. The fraction of sp³-hybridized carbons (Fsp3) is 0.833. The Morgan fingerprint density at radius 3 is 2.27 bits per heavy atom. The first kappa shape index (κ1) is 11.1.